The topological polar surface area (TPSA) is 64.4 Å². The van der Waals surface area contributed by atoms with Crippen molar-refractivity contribution in [3.63, 3.8) is 0 Å². The number of carbonyl (C=O) groups is 2. The number of imidazole rings is 1. The lowest BCUT2D eigenvalue weighted by molar-refractivity contribution is -0.146. The molecule has 0 unspecified atom stereocenters. The van der Waals surface area contributed by atoms with Crippen LogP contribution in [-0.2, 0) is 28.7 Å². The minimum absolute atomic E-state index is 0.0703. The summed E-state index contributed by atoms with van der Waals surface area (Å²) >= 11 is 0. The van der Waals surface area contributed by atoms with Gasteiger partial charge in [-0.05, 0) is 38.1 Å². The summed E-state index contributed by atoms with van der Waals surface area (Å²) in [6, 6.07) is 3.17. The van der Waals surface area contributed by atoms with Crippen LogP contribution in [0.2, 0.25) is 0 Å². The zero-order chi connectivity index (χ0) is 20.6. The summed E-state index contributed by atoms with van der Waals surface area (Å²) in [6.07, 6.45) is -2.64. The average Bonchev–Trinajstić information content (AvgIpc) is 3.08. The highest BCUT2D eigenvalue weighted by atomic mass is 19.4. The van der Waals surface area contributed by atoms with E-state index in [0.29, 0.717) is 5.69 Å². The third kappa shape index (κ3) is 3.61. The maximum absolute atomic E-state index is 13.0. The van der Waals surface area contributed by atoms with E-state index in [1.165, 1.54) is 12.0 Å². The summed E-state index contributed by atoms with van der Waals surface area (Å²) in [5.41, 5.74) is 0.740. The van der Waals surface area contributed by atoms with Crippen molar-refractivity contribution < 1.29 is 27.5 Å². The second-order valence-electron chi connectivity index (χ2n) is 6.89. The Hall–Kier alpha value is -2.84. The Bertz CT molecular complexity index is 888. The predicted molar refractivity (Wildman–Crippen MR) is 93.4 cm³/mol. The predicted octanol–water partition coefficient (Wildman–Crippen LogP) is 3.22. The van der Waals surface area contributed by atoms with E-state index in [4.69, 9.17) is 4.74 Å². The summed E-state index contributed by atoms with van der Waals surface area (Å²) < 4.78 is 45.1. The van der Waals surface area contributed by atoms with Gasteiger partial charge in [-0.25, -0.2) is 9.78 Å². The molecule has 6 nitrogen and oxygen atoms in total. The van der Waals surface area contributed by atoms with Gasteiger partial charge in [-0.15, -0.1) is 0 Å². The van der Waals surface area contributed by atoms with Crippen LogP contribution in [0.25, 0.3) is 0 Å². The van der Waals surface area contributed by atoms with E-state index < -0.39 is 29.7 Å². The van der Waals surface area contributed by atoms with Gasteiger partial charge >= 0.3 is 12.1 Å². The molecular weight excluding hydrogens is 375 g/mol. The Morgan fingerprint density at radius 1 is 1.21 bits per heavy atom. The Balaban J connectivity index is 1.95. The number of rotatable bonds is 3. The van der Waals surface area contributed by atoms with E-state index in [-0.39, 0.29) is 24.6 Å². The lowest BCUT2D eigenvalue weighted by atomic mass is 10.0. The van der Waals surface area contributed by atoms with Gasteiger partial charge in [0.05, 0.1) is 36.9 Å². The number of amides is 1. The van der Waals surface area contributed by atoms with Crippen LogP contribution in [0, 0.1) is 0 Å². The van der Waals surface area contributed by atoms with Gasteiger partial charge in [0.15, 0.2) is 0 Å². The molecule has 0 spiro atoms. The summed E-state index contributed by atoms with van der Waals surface area (Å²) in [6.45, 7) is 4.06. The fraction of sp³-hybridized carbons (Fsp3) is 0.421. The van der Waals surface area contributed by atoms with Crippen molar-refractivity contribution in [3.8, 4) is 0 Å². The first kappa shape index (κ1) is 19.9. The molecule has 1 aliphatic rings. The molecule has 0 N–H and O–H groups in total. The molecule has 0 bridgehead atoms. The largest absolute Gasteiger partial charge is 0.467 e. The Morgan fingerprint density at radius 2 is 1.86 bits per heavy atom. The number of aromatic nitrogens is 2. The number of benzene rings is 1. The highest BCUT2D eigenvalue weighted by molar-refractivity contribution is 5.97. The SMILES string of the molecule is COC(=O)[C@@H]1Cc2ncn(C(C)C)c2CN1C(=O)c1ccc(C(F)(F)F)cc1. The van der Waals surface area contributed by atoms with Crippen LogP contribution < -0.4 is 0 Å². The molecule has 0 saturated carbocycles. The van der Waals surface area contributed by atoms with E-state index in [1.54, 1.807) is 6.33 Å². The van der Waals surface area contributed by atoms with Crippen molar-refractivity contribution in [2.24, 2.45) is 0 Å². The van der Waals surface area contributed by atoms with Crippen LogP contribution >= 0.6 is 0 Å². The molecule has 9 heteroatoms. The fourth-order valence-corrected chi connectivity index (χ4v) is 3.31. The van der Waals surface area contributed by atoms with Crippen LogP contribution in [0.1, 0.15) is 47.2 Å². The standard InChI is InChI=1S/C19H20F3N3O3/c1-11(2)25-10-23-14-8-15(18(27)28-3)24(9-16(14)25)17(26)12-4-6-13(7-5-12)19(20,21)22/h4-7,10-11,15H,8-9H2,1-3H3/t15-/m0/s1. The van der Waals surface area contributed by atoms with E-state index in [1.807, 2.05) is 18.4 Å². The van der Waals surface area contributed by atoms with Crippen LogP contribution in [0.3, 0.4) is 0 Å². The molecule has 1 amide bonds. The Kier molecular flexibility index (Phi) is 5.18. The Labute approximate surface area is 159 Å². The first-order valence-corrected chi connectivity index (χ1v) is 8.74. The van der Waals surface area contributed by atoms with Crippen LogP contribution in [-0.4, -0.2) is 39.5 Å². The van der Waals surface area contributed by atoms with Crippen molar-refractivity contribution in [3.05, 3.63) is 53.1 Å². The maximum atomic E-state index is 13.0. The normalized spacial score (nSPS) is 16.8. The highest BCUT2D eigenvalue weighted by Gasteiger charge is 2.38. The van der Waals surface area contributed by atoms with Gasteiger partial charge in [0.2, 0.25) is 0 Å². The molecule has 0 fully saturated rings. The molecular formula is C19H20F3N3O3. The van der Waals surface area contributed by atoms with Gasteiger partial charge in [-0.2, -0.15) is 13.2 Å². The number of methoxy groups -OCH3 is 1. The zero-order valence-electron chi connectivity index (χ0n) is 15.7. The molecule has 1 atom stereocenters. The van der Waals surface area contributed by atoms with Crippen molar-refractivity contribution in [2.45, 2.75) is 45.1 Å². The molecule has 28 heavy (non-hydrogen) atoms. The van der Waals surface area contributed by atoms with E-state index in [9.17, 15) is 22.8 Å². The van der Waals surface area contributed by atoms with Gasteiger partial charge < -0.3 is 14.2 Å². The number of halogens is 3. The molecule has 1 aromatic heterocycles. The van der Waals surface area contributed by atoms with Crippen LogP contribution in [0.15, 0.2) is 30.6 Å². The molecule has 150 valence electrons. The first-order chi connectivity index (χ1) is 13.1. The van der Waals surface area contributed by atoms with Crippen LogP contribution in [0.4, 0.5) is 13.2 Å². The van der Waals surface area contributed by atoms with E-state index >= 15 is 0 Å². The Morgan fingerprint density at radius 3 is 2.39 bits per heavy atom. The minimum Gasteiger partial charge on any atom is -0.467 e. The van der Waals surface area contributed by atoms with Crippen LogP contribution in [0.5, 0.6) is 0 Å². The summed E-state index contributed by atoms with van der Waals surface area (Å²) in [5.74, 6) is -1.13. The summed E-state index contributed by atoms with van der Waals surface area (Å²) in [5, 5.41) is 0. The molecule has 0 saturated heterocycles. The second kappa shape index (κ2) is 7.29. The third-order valence-corrected chi connectivity index (χ3v) is 4.82. The molecule has 0 radical (unpaired) electrons. The van der Waals surface area contributed by atoms with Crippen molar-refractivity contribution in [1.29, 1.82) is 0 Å². The number of esters is 1. The second-order valence-corrected chi connectivity index (χ2v) is 6.89. The highest BCUT2D eigenvalue weighted by Crippen LogP contribution is 2.30. The molecule has 2 aromatic rings. The first-order valence-electron chi connectivity index (χ1n) is 8.74. The van der Waals surface area contributed by atoms with Gasteiger partial charge in [-0.3, -0.25) is 4.79 Å². The summed E-state index contributed by atoms with van der Waals surface area (Å²) in [4.78, 5) is 30.9. The van der Waals surface area contributed by atoms with Gasteiger partial charge in [-0.1, -0.05) is 0 Å². The quantitative estimate of drug-likeness (QED) is 0.749. The average molecular weight is 395 g/mol. The monoisotopic (exact) mass is 395 g/mol. The van der Waals surface area contributed by atoms with Gasteiger partial charge in [0, 0.05) is 18.0 Å². The number of hydrogen-bond donors (Lipinski definition) is 0. The van der Waals surface area contributed by atoms with Crippen molar-refractivity contribution >= 4 is 11.9 Å². The zero-order valence-corrected chi connectivity index (χ0v) is 15.7. The van der Waals surface area contributed by atoms with Gasteiger partial charge in [0.1, 0.15) is 6.04 Å². The number of nitrogens with zero attached hydrogens (tertiary/aromatic N) is 3. The van der Waals surface area contributed by atoms with Crippen molar-refractivity contribution in [2.75, 3.05) is 7.11 Å². The van der Waals surface area contributed by atoms with Crippen molar-refractivity contribution in [1.82, 2.24) is 14.5 Å². The number of ether oxygens (including phenoxy) is 1. The maximum Gasteiger partial charge on any atom is 0.416 e. The van der Waals surface area contributed by atoms with E-state index in [0.717, 1.165) is 30.0 Å². The molecule has 0 aliphatic carbocycles. The smallest absolute Gasteiger partial charge is 0.416 e. The number of alkyl halides is 3. The number of fused-ring (bicyclic) bond motifs is 1. The molecule has 1 aromatic carbocycles. The molecule has 2 heterocycles. The van der Waals surface area contributed by atoms with Gasteiger partial charge in [0.25, 0.3) is 5.91 Å². The lowest BCUT2D eigenvalue weighted by Gasteiger charge is -2.34. The molecule has 3 rings (SSSR count). The lowest BCUT2D eigenvalue weighted by Crippen LogP contribution is -2.49. The minimum atomic E-state index is -4.49. The number of carbonyl (C=O) groups excluding carboxylic acids is 2. The summed E-state index contributed by atoms with van der Waals surface area (Å²) in [7, 11) is 1.23. The molecule has 1 aliphatic heterocycles. The fourth-order valence-electron chi connectivity index (χ4n) is 3.31. The number of hydrogen-bond acceptors (Lipinski definition) is 4. The third-order valence-electron chi connectivity index (χ3n) is 4.82. The van der Waals surface area contributed by atoms with E-state index in [2.05, 4.69) is 4.98 Å².